The van der Waals surface area contributed by atoms with Crippen molar-refractivity contribution in [3.63, 3.8) is 0 Å². The van der Waals surface area contributed by atoms with Crippen LogP contribution in [-0.4, -0.2) is 32.2 Å². The van der Waals surface area contributed by atoms with Gasteiger partial charge >= 0.3 is 0 Å². The number of carbonyl (C=O) groups is 1. The minimum atomic E-state index is -3.70. The van der Waals surface area contributed by atoms with Gasteiger partial charge in [0.2, 0.25) is 15.9 Å². The Morgan fingerprint density at radius 1 is 1.14 bits per heavy atom. The van der Waals surface area contributed by atoms with Crippen molar-refractivity contribution < 1.29 is 17.6 Å². The third-order valence-corrected chi connectivity index (χ3v) is 6.81. The Balaban J connectivity index is 1.86. The average Bonchev–Trinajstić information content (AvgIpc) is 2.67. The molecule has 0 aliphatic carbocycles. The predicted molar refractivity (Wildman–Crippen MR) is 111 cm³/mol. The van der Waals surface area contributed by atoms with Gasteiger partial charge in [-0.25, -0.2) is 17.1 Å². The van der Waals surface area contributed by atoms with Crippen LogP contribution in [0.15, 0.2) is 57.9 Å². The van der Waals surface area contributed by atoms with Gasteiger partial charge in [0.25, 0.3) is 0 Å². The predicted octanol–water partition coefficient (Wildman–Crippen LogP) is 4.26. The van der Waals surface area contributed by atoms with E-state index in [2.05, 4.69) is 21.2 Å². The van der Waals surface area contributed by atoms with E-state index in [9.17, 15) is 17.6 Å². The Morgan fingerprint density at radius 3 is 2.32 bits per heavy atom. The molecule has 2 aromatic rings. The smallest absolute Gasteiger partial charge is 0.242 e. The molecule has 1 atom stereocenters. The average molecular weight is 471 g/mol. The third-order valence-electron chi connectivity index (χ3n) is 4.41. The minimum Gasteiger partial charge on any atom is -0.349 e. The van der Waals surface area contributed by atoms with Crippen LogP contribution in [-0.2, 0) is 14.8 Å². The topological polar surface area (TPSA) is 66.5 Å². The summed E-state index contributed by atoms with van der Waals surface area (Å²) in [6, 6.07) is 12.4. The van der Waals surface area contributed by atoms with Crippen LogP contribution in [0.4, 0.5) is 4.39 Å². The number of carbonyl (C=O) groups excluding carboxylic acids is 1. The summed E-state index contributed by atoms with van der Waals surface area (Å²) in [5, 5.41) is 2.99. The van der Waals surface area contributed by atoms with Gasteiger partial charge in [-0.2, -0.15) is 0 Å². The molecule has 0 aliphatic rings. The first-order valence-electron chi connectivity index (χ1n) is 9.00. The standard InChI is InChI=1S/C20H24BrFN2O3S/c1-3-19(15-6-8-16(21)9-7-15)23-20(25)5-4-14-24(2)28(26,27)18-12-10-17(22)11-13-18/h6-13,19H,3-5,14H2,1-2H3,(H,23,25). The maximum Gasteiger partial charge on any atom is 0.242 e. The summed E-state index contributed by atoms with van der Waals surface area (Å²) in [7, 11) is -2.25. The van der Waals surface area contributed by atoms with E-state index in [4.69, 9.17) is 0 Å². The van der Waals surface area contributed by atoms with Crippen molar-refractivity contribution >= 4 is 31.9 Å². The van der Waals surface area contributed by atoms with E-state index < -0.39 is 15.8 Å². The molecule has 0 radical (unpaired) electrons. The number of rotatable bonds is 9. The molecule has 2 rings (SSSR count). The quantitative estimate of drug-likeness (QED) is 0.595. The summed E-state index contributed by atoms with van der Waals surface area (Å²) in [5.41, 5.74) is 1.02. The lowest BCUT2D eigenvalue weighted by molar-refractivity contribution is -0.122. The van der Waals surface area contributed by atoms with Crippen molar-refractivity contribution in [3.8, 4) is 0 Å². The molecule has 0 saturated carbocycles. The number of halogens is 2. The summed E-state index contributed by atoms with van der Waals surface area (Å²) in [5.74, 6) is -0.614. The van der Waals surface area contributed by atoms with E-state index in [1.54, 1.807) is 0 Å². The van der Waals surface area contributed by atoms with Gasteiger partial charge in [-0.05, 0) is 54.8 Å². The molecule has 0 saturated heterocycles. The van der Waals surface area contributed by atoms with Crippen molar-refractivity contribution in [1.29, 1.82) is 0 Å². The molecule has 152 valence electrons. The molecule has 8 heteroatoms. The molecule has 1 amide bonds. The summed E-state index contributed by atoms with van der Waals surface area (Å²) in [6.07, 6.45) is 1.36. The lowest BCUT2D eigenvalue weighted by Gasteiger charge is -2.19. The first kappa shape index (κ1) is 22.5. The van der Waals surface area contributed by atoms with Gasteiger partial charge in [0, 0.05) is 24.5 Å². The van der Waals surface area contributed by atoms with E-state index in [1.165, 1.54) is 23.5 Å². The van der Waals surface area contributed by atoms with Gasteiger partial charge in [-0.3, -0.25) is 4.79 Å². The highest BCUT2D eigenvalue weighted by Crippen LogP contribution is 2.20. The van der Waals surface area contributed by atoms with Gasteiger partial charge in [0.1, 0.15) is 5.82 Å². The molecule has 0 aromatic heterocycles. The molecular formula is C20H24BrFN2O3S. The zero-order valence-corrected chi connectivity index (χ0v) is 18.3. The van der Waals surface area contributed by atoms with E-state index in [0.717, 1.165) is 28.6 Å². The van der Waals surface area contributed by atoms with E-state index in [0.29, 0.717) is 6.42 Å². The van der Waals surface area contributed by atoms with Crippen molar-refractivity contribution in [2.75, 3.05) is 13.6 Å². The zero-order chi connectivity index (χ0) is 20.7. The highest BCUT2D eigenvalue weighted by molar-refractivity contribution is 9.10. The second-order valence-electron chi connectivity index (χ2n) is 6.46. The van der Waals surface area contributed by atoms with Crippen LogP contribution in [0.25, 0.3) is 0 Å². The maximum atomic E-state index is 13.0. The first-order valence-corrected chi connectivity index (χ1v) is 11.2. The SMILES string of the molecule is CCC(NC(=O)CCCN(C)S(=O)(=O)c1ccc(F)cc1)c1ccc(Br)cc1. The lowest BCUT2D eigenvalue weighted by atomic mass is 10.0. The number of benzene rings is 2. The van der Waals surface area contributed by atoms with Crippen LogP contribution in [0.5, 0.6) is 0 Å². The summed E-state index contributed by atoms with van der Waals surface area (Å²) < 4.78 is 40.1. The Bertz CT molecular complexity index is 887. The van der Waals surface area contributed by atoms with Crippen molar-refractivity contribution in [2.45, 2.75) is 37.1 Å². The molecule has 0 heterocycles. The summed E-state index contributed by atoms with van der Waals surface area (Å²) in [4.78, 5) is 12.3. The van der Waals surface area contributed by atoms with Crippen LogP contribution >= 0.6 is 15.9 Å². The molecule has 28 heavy (non-hydrogen) atoms. The van der Waals surface area contributed by atoms with Crippen LogP contribution in [0, 0.1) is 5.82 Å². The van der Waals surface area contributed by atoms with E-state index in [-0.39, 0.29) is 29.8 Å². The van der Waals surface area contributed by atoms with Gasteiger partial charge in [-0.15, -0.1) is 0 Å². The Morgan fingerprint density at radius 2 is 1.75 bits per heavy atom. The molecule has 0 aliphatic heterocycles. The zero-order valence-electron chi connectivity index (χ0n) is 15.9. The van der Waals surface area contributed by atoms with E-state index >= 15 is 0 Å². The lowest BCUT2D eigenvalue weighted by Crippen LogP contribution is -2.31. The number of sulfonamides is 1. The molecule has 0 spiro atoms. The fraction of sp³-hybridized carbons (Fsp3) is 0.350. The molecule has 2 aromatic carbocycles. The fourth-order valence-electron chi connectivity index (χ4n) is 2.75. The Hall–Kier alpha value is -1.77. The molecule has 0 bridgehead atoms. The Labute approximate surface area is 174 Å². The second-order valence-corrected chi connectivity index (χ2v) is 9.42. The number of nitrogens with zero attached hydrogens (tertiary/aromatic N) is 1. The second kappa shape index (κ2) is 10.1. The fourth-order valence-corrected chi connectivity index (χ4v) is 4.23. The third kappa shape index (κ3) is 6.12. The maximum absolute atomic E-state index is 13.0. The van der Waals surface area contributed by atoms with Crippen molar-refractivity contribution in [1.82, 2.24) is 9.62 Å². The van der Waals surface area contributed by atoms with Gasteiger partial charge in [0.05, 0.1) is 10.9 Å². The number of nitrogens with one attached hydrogen (secondary N) is 1. The number of hydrogen-bond donors (Lipinski definition) is 1. The van der Waals surface area contributed by atoms with Gasteiger partial charge in [-0.1, -0.05) is 35.0 Å². The first-order chi connectivity index (χ1) is 13.2. The van der Waals surface area contributed by atoms with Crippen LogP contribution < -0.4 is 5.32 Å². The van der Waals surface area contributed by atoms with Gasteiger partial charge < -0.3 is 5.32 Å². The summed E-state index contributed by atoms with van der Waals surface area (Å²) >= 11 is 3.39. The molecule has 1 unspecified atom stereocenters. The highest BCUT2D eigenvalue weighted by atomic mass is 79.9. The molecule has 5 nitrogen and oxygen atoms in total. The minimum absolute atomic E-state index is 0.0298. The highest BCUT2D eigenvalue weighted by Gasteiger charge is 2.21. The number of amides is 1. The monoisotopic (exact) mass is 470 g/mol. The molecular weight excluding hydrogens is 447 g/mol. The van der Waals surface area contributed by atoms with Crippen molar-refractivity contribution in [2.24, 2.45) is 0 Å². The van der Waals surface area contributed by atoms with Gasteiger partial charge in [0.15, 0.2) is 0 Å². The van der Waals surface area contributed by atoms with Crippen molar-refractivity contribution in [3.05, 3.63) is 64.4 Å². The van der Waals surface area contributed by atoms with E-state index in [1.807, 2.05) is 31.2 Å². The molecule has 0 fully saturated rings. The summed E-state index contributed by atoms with van der Waals surface area (Å²) in [6.45, 7) is 2.19. The van der Waals surface area contributed by atoms with Crippen LogP contribution in [0.2, 0.25) is 0 Å². The van der Waals surface area contributed by atoms with Crippen LogP contribution in [0.1, 0.15) is 37.8 Å². The molecule has 1 N–H and O–H groups in total. The van der Waals surface area contributed by atoms with Crippen LogP contribution in [0.3, 0.4) is 0 Å². The largest absolute Gasteiger partial charge is 0.349 e. The normalized spacial score (nSPS) is 12.8. The number of hydrogen-bond acceptors (Lipinski definition) is 3. The Kier molecular flexibility index (Phi) is 8.15.